The number of benzene rings is 1. The molecule has 1 heterocycles. The lowest BCUT2D eigenvalue weighted by Crippen LogP contribution is -2.38. The van der Waals surface area contributed by atoms with E-state index >= 15 is 0 Å². The fourth-order valence-electron chi connectivity index (χ4n) is 2.31. The van der Waals surface area contributed by atoms with Crippen LogP contribution in [0.3, 0.4) is 0 Å². The Hall–Kier alpha value is -2.83. The summed E-state index contributed by atoms with van der Waals surface area (Å²) in [5, 5.41) is 0. The molecule has 0 aliphatic rings. The summed E-state index contributed by atoms with van der Waals surface area (Å²) in [5.41, 5.74) is 0.605. The topological polar surface area (TPSA) is 79.5 Å². The molecule has 0 radical (unpaired) electrons. The zero-order valence-electron chi connectivity index (χ0n) is 15.7. The van der Waals surface area contributed by atoms with Gasteiger partial charge in [0.2, 0.25) is 0 Å². The van der Waals surface area contributed by atoms with E-state index in [1.807, 2.05) is 12.1 Å². The number of aromatic nitrogens is 2. The van der Waals surface area contributed by atoms with E-state index in [0.29, 0.717) is 11.4 Å². The predicted molar refractivity (Wildman–Crippen MR) is 97.4 cm³/mol. The standard InChI is InChI=1S/C19H24N2O5/c1-19(2,3)13-6-8-15(9-7-13)25-12-17(23)26-11-14-10-16(22)21(5)18(24)20(14)4/h6-10H,11-12H2,1-5H3. The maximum absolute atomic E-state index is 11.8. The first kappa shape index (κ1) is 19.5. The van der Waals surface area contributed by atoms with Crippen LogP contribution < -0.4 is 16.0 Å². The van der Waals surface area contributed by atoms with E-state index in [1.165, 1.54) is 30.3 Å². The molecule has 0 saturated carbocycles. The number of ether oxygens (including phenoxy) is 2. The third-order valence-corrected chi connectivity index (χ3v) is 4.08. The fourth-order valence-corrected chi connectivity index (χ4v) is 2.31. The van der Waals surface area contributed by atoms with Crippen molar-refractivity contribution in [3.63, 3.8) is 0 Å². The van der Waals surface area contributed by atoms with Crippen molar-refractivity contribution in [1.82, 2.24) is 9.13 Å². The molecule has 0 bridgehead atoms. The van der Waals surface area contributed by atoms with Crippen LogP contribution in [0.5, 0.6) is 5.75 Å². The molecule has 7 nitrogen and oxygen atoms in total. The summed E-state index contributed by atoms with van der Waals surface area (Å²) in [6, 6.07) is 8.78. The van der Waals surface area contributed by atoms with Gasteiger partial charge in [0.25, 0.3) is 5.56 Å². The van der Waals surface area contributed by atoms with Gasteiger partial charge in [0.1, 0.15) is 12.4 Å². The van der Waals surface area contributed by atoms with Crippen LogP contribution in [0.4, 0.5) is 0 Å². The monoisotopic (exact) mass is 360 g/mol. The number of carbonyl (C=O) groups excluding carboxylic acids is 1. The van der Waals surface area contributed by atoms with Crippen molar-refractivity contribution in [2.24, 2.45) is 14.1 Å². The van der Waals surface area contributed by atoms with E-state index in [1.54, 1.807) is 12.1 Å². The van der Waals surface area contributed by atoms with Crippen LogP contribution in [0, 0.1) is 0 Å². The molecule has 1 aromatic heterocycles. The van der Waals surface area contributed by atoms with Gasteiger partial charge in [-0.3, -0.25) is 13.9 Å². The van der Waals surface area contributed by atoms with E-state index in [0.717, 1.165) is 4.57 Å². The van der Waals surface area contributed by atoms with Gasteiger partial charge >= 0.3 is 11.7 Å². The van der Waals surface area contributed by atoms with Crippen molar-refractivity contribution in [2.75, 3.05) is 6.61 Å². The largest absolute Gasteiger partial charge is 0.482 e. The van der Waals surface area contributed by atoms with Crippen LogP contribution in [0.2, 0.25) is 0 Å². The van der Waals surface area contributed by atoms with Crippen LogP contribution in [0.1, 0.15) is 32.0 Å². The highest BCUT2D eigenvalue weighted by Gasteiger charge is 2.14. The number of esters is 1. The first-order chi connectivity index (χ1) is 12.1. The second kappa shape index (κ2) is 7.59. The Kier molecular flexibility index (Phi) is 5.69. The molecule has 0 spiro atoms. The smallest absolute Gasteiger partial charge is 0.344 e. The van der Waals surface area contributed by atoms with Gasteiger partial charge in [0.05, 0.1) is 5.69 Å². The molecule has 0 aliphatic carbocycles. The van der Waals surface area contributed by atoms with E-state index in [2.05, 4.69) is 20.8 Å². The lowest BCUT2D eigenvalue weighted by molar-refractivity contribution is -0.147. The van der Waals surface area contributed by atoms with E-state index < -0.39 is 17.2 Å². The molecule has 2 rings (SSSR count). The van der Waals surface area contributed by atoms with Crippen LogP contribution in [-0.2, 0) is 35.6 Å². The molecular formula is C19H24N2O5. The van der Waals surface area contributed by atoms with Crippen LogP contribution in [0.25, 0.3) is 0 Å². The van der Waals surface area contributed by atoms with Crippen molar-refractivity contribution < 1.29 is 14.3 Å². The normalized spacial score (nSPS) is 11.3. The zero-order chi connectivity index (χ0) is 19.5. The third-order valence-electron chi connectivity index (χ3n) is 4.08. The van der Waals surface area contributed by atoms with Crippen LogP contribution in [-0.4, -0.2) is 21.7 Å². The molecule has 26 heavy (non-hydrogen) atoms. The first-order valence-corrected chi connectivity index (χ1v) is 8.24. The van der Waals surface area contributed by atoms with Gasteiger partial charge in [-0.25, -0.2) is 9.59 Å². The average molecular weight is 360 g/mol. The SMILES string of the molecule is Cn1c(COC(=O)COc2ccc(C(C)(C)C)cc2)cc(=O)n(C)c1=O. The number of hydrogen-bond acceptors (Lipinski definition) is 5. The molecular weight excluding hydrogens is 336 g/mol. The molecule has 140 valence electrons. The van der Waals surface area contributed by atoms with Crippen molar-refractivity contribution >= 4 is 5.97 Å². The van der Waals surface area contributed by atoms with E-state index in [4.69, 9.17) is 9.47 Å². The van der Waals surface area contributed by atoms with Crippen LogP contribution >= 0.6 is 0 Å². The molecule has 0 amide bonds. The summed E-state index contributed by atoms with van der Waals surface area (Å²) >= 11 is 0. The minimum Gasteiger partial charge on any atom is -0.482 e. The van der Waals surface area contributed by atoms with Crippen molar-refractivity contribution in [3.05, 3.63) is 62.4 Å². The van der Waals surface area contributed by atoms with Crippen molar-refractivity contribution in [2.45, 2.75) is 32.8 Å². The quantitative estimate of drug-likeness (QED) is 0.755. The Labute approximate surface area is 151 Å². The van der Waals surface area contributed by atoms with Crippen molar-refractivity contribution in [1.29, 1.82) is 0 Å². The molecule has 1 aromatic carbocycles. The lowest BCUT2D eigenvalue weighted by atomic mass is 9.87. The Morgan fingerprint density at radius 1 is 1.04 bits per heavy atom. The number of nitrogens with zero attached hydrogens (tertiary/aromatic N) is 2. The second-order valence-electron chi connectivity index (χ2n) is 7.10. The van der Waals surface area contributed by atoms with Gasteiger partial charge in [-0.05, 0) is 23.1 Å². The minimum atomic E-state index is -0.585. The summed E-state index contributed by atoms with van der Waals surface area (Å²) in [6.45, 7) is 5.92. The van der Waals surface area contributed by atoms with Gasteiger partial charge in [0, 0.05) is 20.2 Å². The van der Waals surface area contributed by atoms with Gasteiger partial charge in [-0.15, -0.1) is 0 Å². The highest BCUT2D eigenvalue weighted by molar-refractivity contribution is 5.71. The minimum absolute atomic E-state index is 0.0418. The Morgan fingerprint density at radius 2 is 1.65 bits per heavy atom. The van der Waals surface area contributed by atoms with Crippen LogP contribution in [0.15, 0.2) is 39.9 Å². The van der Waals surface area contributed by atoms with E-state index in [-0.39, 0.29) is 18.6 Å². The molecule has 2 aromatic rings. The highest BCUT2D eigenvalue weighted by atomic mass is 16.6. The fraction of sp³-hybridized carbons (Fsp3) is 0.421. The molecule has 0 unspecified atom stereocenters. The summed E-state index contributed by atoms with van der Waals surface area (Å²) in [6.07, 6.45) is 0. The first-order valence-electron chi connectivity index (χ1n) is 8.24. The Morgan fingerprint density at radius 3 is 2.23 bits per heavy atom. The van der Waals surface area contributed by atoms with Gasteiger partial charge in [0.15, 0.2) is 6.61 Å². The number of hydrogen-bond donors (Lipinski definition) is 0. The van der Waals surface area contributed by atoms with Crippen molar-refractivity contribution in [3.8, 4) is 5.75 Å². The third kappa shape index (κ3) is 4.62. The molecule has 0 fully saturated rings. The maximum Gasteiger partial charge on any atom is 0.344 e. The molecule has 0 saturated heterocycles. The maximum atomic E-state index is 11.8. The summed E-state index contributed by atoms with van der Waals surface area (Å²) in [4.78, 5) is 35.3. The summed E-state index contributed by atoms with van der Waals surface area (Å²) < 4.78 is 12.7. The zero-order valence-corrected chi connectivity index (χ0v) is 15.7. The second-order valence-corrected chi connectivity index (χ2v) is 7.10. The molecule has 0 N–H and O–H groups in total. The number of rotatable bonds is 5. The van der Waals surface area contributed by atoms with Gasteiger partial charge in [-0.2, -0.15) is 0 Å². The highest BCUT2D eigenvalue weighted by Crippen LogP contribution is 2.24. The molecule has 0 atom stereocenters. The van der Waals surface area contributed by atoms with E-state index in [9.17, 15) is 14.4 Å². The Bertz CT molecular complexity index is 901. The Balaban J connectivity index is 1.92. The predicted octanol–water partition coefficient (Wildman–Crippen LogP) is 1.50. The summed E-state index contributed by atoms with van der Waals surface area (Å²) in [5.74, 6) is -0.0195. The summed E-state index contributed by atoms with van der Waals surface area (Å²) in [7, 11) is 2.90. The molecule has 7 heteroatoms. The van der Waals surface area contributed by atoms with Gasteiger partial charge < -0.3 is 9.47 Å². The van der Waals surface area contributed by atoms with Gasteiger partial charge in [-0.1, -0.05) is 32.9 Å². The number of carbonyl (C=O) groups is 1. The molecule has 0 aliphatic heterocycles. The lowest BCUT2D eigenvalue weighted by Gasteiger charge is -2.19. The average Bonchev–Trinajstić information content (AvgIpc) is 2.59.